The predicted octanol–water partition coefficient (Wildman–Crippen LogP) is 2.80. The van der Waals surface area contributed by atoms with Gasteiger partial charge in [0.2, 0.25) is 0 Å². The molecule has 12 heavy (non-hydrogen) atoms. The second-order valence-electron chi connectivity index (χ2n) is 2.42. The fraction of sp³-hybridized carbons (Fsp3) is 0.700. The quantitative estimate of drug-likeness (QED) is 0.553. The van der Waals surface area contributed by atoms with Crippen molar-refractivity contribution in [3.05, 3.63) is 11.3 Å². The zero-order chi connectivity index (χ0) is 9.40. The molecule has 0 saturated carbocycles. The van der Waals surface area contributed by atoms with Gasteiger partial charge < -0.3 is 4.74 Å². The molecule has 1 aliphatic rings. The van der Waals surface area contributed by atoms with Gasteiger partial charge in [-0.1, -0.05) is 13.8 Å². The minimum atomic E-state index is 0.757. The zero-order valence-corrected chi connectivity index (χ0v) is 8.55. The van der Waals surface area contributed by atoms with Crippen LogP contribution in [0.3, 0.4) is 0 Å². The lowest BCUT2D eigenvalue weighted by atomic mass is 10.1. The lowest BCUT2D eigenvalue weighted by Crippen LogP contribution is -2.08. The maximum Gasteiger partial charge on any atom is 0.0694 e. The molecule has 0 saturated heterocycles. The summed E-state index contributed by atoms with van der Waals surface area (Å²) in [5.41, 5.74) is 2.47. The molecular formula is C10H19NO. The van der Waals surface area contributed by atoms with Crippen LogP contribution in [0, 0.1) is 0 Å². The van der Waals surface area contributed by atoms with Crippen molar-refractivity contribution < 1.29 is 4.74 Å². The van der Waals surface area contributed by atoms with E-state index in [9.17, 15) is 0 Å². The SMILES string of the molecule is CC.CC=NC1=C(C)COCC1. The first kappa shape index (κ1) is 11.4. The summed E-state index contributed by atoms with van der Waals surface area (Å²) < 4.78 is 5.23. The molecule has 0 amide bonds. The summed E-state index contributed by atoms with van der Waals surface area (Å²) in [5, 5.41) is 0. The summed E-state index contributed by atoms with van der Waals surface area (Å²) in [6.07, 6.45) is 2.81. The van der Waals surface area contributed by atoms with E-state index in [1.54, 1.807) is 0 Å². The average Bonchev–Trinajstić information content (AvgIpc) is 2.13. The summed E-state index contributed by atoms with van der Waals surface area (Å²) in [7, 11) is 0. The van der Waals surface area contributed by atoms with Crippen LogP contribution in [0.4, 0.5) is 0 Å². The molecular weight excluding hydrogens is 150 g/mol. The van der Waals surface area contributed by atoms with Crippen molar-refractivity contribution in [2.75, 3.05) is 13.2 Å². The Morgan fingerprint density at radius 2 is 2.08 bits per heavy atom. The van der Waals surface area contributed by atoms with Crippen molar-refractivity contribution in [1.82, 2.24) is 0 Å². The van der Waals surface area contributed by atoms with Gasteiger partial charge >= 0.3 is 0 Å². The fourth-order valence-electron chi connectivity index (χ4n) is 1.02. The van der Waals surface area contributed by atoms with Gasteiger partial charge in [0.25, 0.3) is 0 Å². The summed E-state index contributed by atoms with van der Waals surface area (Å²) in [4.78, 5) is 4.24. The molecule has 0 fully saturated rings. The number of ether oxygens (including phenoxy) is 1. The lowest BCUT2D eigenvalue weighted by molar-refractivity contribution is 0.146. The van der Waals surface area contributed by atoms with E-state index in [1.165, 1.54) is 11.3 Å². The van der Waals surface area contributed by atoms with Gasteiger partial charge in [0.15, 0.2) is 0 Å². The van der Waals surface area contributed by atoms with E-state index in [-0.39, 0.29) is 0 Å². The molecule has 2 heteroatoms. The minimum Gasteiger partial charge on any atom is -0.377 e. The van der Waals surface area contributed by atoms with Gasteiger partial charge in [-0.2, -0.15) is 0 Å². The van der Waals surface area contributed by atoms with Crippen molar-refractivity contribution >= 4 is 6.21 Å². The van der Waals surface area contributed by atoms with Crippen LogP contribution in [-0.4, -0.2) is 19.4 Å². The van der Waals surface area contributed by atoms with Crippen molar-refractivity contribution in [3.63, 3.8) is 0 Å². The Kier molecular flexibility index (Phi) is 6.67. The number of nitrogens with zero attached hydrogens (tertiary/aromatic N) is 1. The summed E-state index contributed by atoms with van der Waals surface area (Å²) >= 11 is 0. The molecule has 0 spiro atoms. The van der Waals surface area contributed by atoms with Gasteiger partial charge in [-0.25, -0.2) is 0 Å². The molecule has 0 aromatic rings. The third-order valence-corrected chi connectivity index (χ3v) is 1.58. The van der Waals surface area contributed by atoms with Crippen molar-refractivity contribution in [1.29, 1.82) is 0 Å². The smallest absolute Gasteiger partial charge is 0.0694 e. The lowest BCUT2D eigenvalue weighted by Gasteiger charge is -2.14. The van der Waals surface area contributed by atoms with Crippen molar-refractivity contribution in [2.24, 2.45) is 4.99 Å². The molecule has 0 aromatic heterocycles. The van der Waals surface area contributed by atoms with E-state index in [0.29, 0.717) is 0 Å². The van der Waals surface area contributed by atoms with E-state index in [4.69, 9.17) is 4.74 Å². The predicted molar refractivity (Wildman–Crippen MR) is 53.7 cm³/mol. The molecule has 0 radical (unpaired) electrons. The third-order valence-electron chi connectivity index (χ3n) is 1.58. The fourth-order valence-corrected chi connectivity index (χ4v) is 1.02. The van der Waals surface area contributed by atoms with Crippen LogP contribution < -0.4 is 0 Å². The van der Waals surface area contributed by atoms with Gasteiger partial charge in [0.1, 0.15) is 0 Å². The Labute approximate surface area is 75.3 Å². The topological polar surface area (TPSA) is 21.6 Å². The van der Waals surface area contributed by atoms with Crippen LogP contribution >= 0.6 is 0 Å². The highest BCUT2D eigenvalue weighted by atomic mass is 16.5. The van der Waals surface area contributed by atoms with Gasteiger partial charge in [0, 0.05) is 18.3 Å². The number of hydrogen-bond acceptors (Lipinski definition) is 2. The van der Waals surface area contributed by atoms with Gasteiger partial charge in [0.05, 0.1) is 13.2 Å². The van der Waals surface area contributed by atoms with Gasteiger partial charge in [-0.05, 0) is 19.4 Å². The standard InChI is InChI=1S/C8H13NO.C2H6/c1-3-9-8-4-5-10-6-7(8)2;1-2/h3H,4-6H2,1-2H3;1-2H3. The Morgan fingerprint density at radius 3 is 2.58 bits per heavy atom. The van der Waals surface area contributed by atoms with Crippen LogP contribution in [0.15, 0.2) is 16.3 Å². The first-order valence-electron chi connectivity index (χ1n) is 4.59. The van der Waals surface area contributed by atoms with Crippen LogP contribution in [0.25, 0.3) is 0 Å². The Bertz CT molecular complexity index is 171. The molecule has 0 aliphatic carbocycles. The molecule has 70 valence electrons. The summed E-state index contributed by atoms with van der Waals surface area (Å²) in [6.45, 7) is 9.59. The molecule has 1 aliphatic heterocycles. The molecule has 0 unspecified atom stereocenters. The minimum absolute atomic E-state index is 0.757. The van der Waals surface area contributed by atoms with Crippen molar-refractivity contribution in [3.8, 4) is 0 Å². The van der Waals surface area contributed by atoms with E-state index in [1.807, 2.05) is 27.0 Å². The second kappa shape index (κ2) is 7.04. The highest BCUT2D eigenvalue weighted by Crippen LogP contribution is 2.15. The molecule has 0 aromatic carbocycles. The summed E-state index contributed by atoms with van der Waals surface area (Å²) in [5.74, 6) is 0. The first-order chi connectivity index (χ1) is 5.84. The van der Waals surface area contributed by atoms with Gasteiger partial charge in [-0.3, -0.25) is 4.99 Å². The molecule has 1 heterocycles. The van der Waals surface area contributed by atoms with E-state index in [0.717, 1.165) is 19.6 Å². The van der Waals surface area contributed by atoms with Crippen LogP contribution in [-0.2, 0) is 4.74 Å². The Hall–Kier alpha value is -0.630. The van der Waals surface area contributed by atoms with E-state index < -0.39 is 0 Å². The number of hydrogen-bond donors (Lipinski definition) is 0. The highest BCUT2D eigenvalue weighted by molar-refractivity contribution is 5.55. The molecule has 1 rings (SSSR count). The van der Waals surface area contributed by atoms with Gasteiger partial charge in [-0.15, -0.1) is 0 Å². The van der Waals surface area contributed by atoms with E-state index >= 15 is 0 Å². The second-order valence-corrected chi connectivity index (χ2v) is 2.42. The van der Waals surface area contributed by atoms with Crippen LogP contribution in [0.5, 0.6) is 0 Å². The van der Waals surface area contributed by atoms with Crippen LogP contribution in [0.1, 0.15) is 34.1 Å². The van der Waals surface area contributed by atoms with E-state index in [2.05, 4.69) is 11.9 Å². The third kappa shape index (κ3) is 3.67. The molecule has 0 atom stereocenters. The van der Waals surface area contributed by atoms with Crippen LogP contribution in [0.2, 0.25) is 0 Å². The molecule has 0 bridgehead atoms. The molecule has 2 nitrogen and oxygen atoms in total. The monoisotopic (exact) mass is 169 g/mol. The number of rotatable bonds is 1. The summed E-state index contributed by atoms with van der Waals surface area (Å²) in [6, 6.07) is 0. The maximum atomic E-state index is 5.23. The first-order valence-corrected chi connectivity index (χ1v) is 4.59. The highest BCUT2D eigenvalue weighted by Gasteiger charge is 2.06. The normalized spacial score (nSPS) is 17.7. The zero-order valence-electron chi connectivity index (χ0n) is 8.55. The number of aliphatic imine (C=N–C) groups is 1. The Balaban J connectivity index is 0.000000561. The molecule has 0 N–H and O–H groups in total. The average molecular weight is 169 g/mol. The maximum absolute atomic E-state index is 5.23. The Morgan fingerprint density at radius 1 is 1.42 bits per heavy atom. The largest absolute Gasteiger partial charge is 0.377 e. The van der Waals surface area contributed by atoms with Crippen molar-refractivity contribution in [2.45, 2.75) is 34.1 Å².